The molecule has 0 aliphatic carbocycles. The van der Waals surface area contributed by atoms with Crippen LogP contribution in [0.25, 0.3) is 6.08 Å². The minimum atomic E-state index is -0.812. The van der Waals surface area contributed by atoms with Gasteiger partial charge in [0.25, 0.3) is 11.8 Å². The van der Waals surface area contributed by atoms with Gasteiger partial charge >= 0.3 is 6.03 Å². The van der Waals surface area contributed by atoms with Gasteiger partial charge in [0.05, 0.1) is 15.7 Å². The van der Waals surface area contributed by atoms with Crippen LogP contribution in [-0.4, -0.2) is 17.8 Å². The average molecular weight is 639 g/mol. The van der Waals surface area contributed by atoms with Gasteiger partial charge in [-0.3, -0.25) is 14.9 Å². The van der Waals surface area contributed by atoms with Crippen molar-refractivity contribution >= 4 is 84.7 Å². The van der Waals surface area contributed by atoms with E-state index in [0.717, 1.165) is 14.9 Å². The van der Waals surface area contributed by atoms with E-state index in [1.54, 1.807) is 61.5 Å². The first-order valence-corrected chi connectivity index (χ1v) is 12.5. The third-order valence-corrected chi connectivity index (χ3v) is 6.88. The fraction of sp³-hybridized carbons (Fsp3) is 0.0800. The summed E-state index contributed by atoms with van der Waals surface area (Å²) < 4.78 is 7.47. The summed E-state index contributed by atoms with van der Waals surface area (Å²) in [7, 11) is 0. The highest BCUT2D eigenvalue weighted by atomic mass is 79.9. The molecule has 1 aliphatic heterocycles. The quantitative estimate of drug-likeness (QED) is 0.240. The molecule has 4 rings (SSSR count). The van der Waals surface area contributed by atoms with Crippen LogP contribution >= 0.6 is 55.1 Å². The maximum absolute atomic E-state index is 13.3. The van der Waals surface area contributed by atoms with E-state index in [1.165, 1.54) is 6.08 Å². The van der Waals surface area contributed by atoms with Gasteiger partial charge in [0, 0.05) is 14.5 Å². The molecule has 0 spiro atoms. The second-order valence-electron chi connectivity index (χ2n) is 7.61. The van der Waals surface area contributed by atoms with Gasteiger partial charge in [0.2, 0.25) is 0 Å². The van der Waals surface area contributed by atoms with E-state index in [-0.39, 0.29) is 12.2 Å². The number of carbonyl (C=O) groups excluding carboxylic acids is 3. The Morgan fingerprint density at radius 3 is 2.37 bits per heavy atom. The third-order valence-electron chi connectivity index (χ3n) is 5.15. The number of nitrogens with one attached hydrogen (secondary N) is 1. The van der Waals surface area contributed by atoms with Crippen LogP contribution in [0.3, 0.4) is 0 Å². The molecule has 1 saturated heterocycles. The van der Waals surface area contributed by atoms with Crippen molar-refractivity contribution in [3.8, 4) is 5.75 Å². The zero-order valence-electron chi connectivity index (χ0n) is 18.1. The van der Waals surface area contributed by atoms with Crippen LogP contribution in [0.1, 0.15) is 16.7 Å². The molecule has 10 heteroatoms. The van der Waals surface area contributed by atoms with Gasteiger partial charge in [-0.25, -0.2) is 9.69 Å². The van der Waals surface area contributed by atoms with Gasteiger partial charge in [0.15, 0.2) is 0 Å². The topological polar surface area (TPSA) is 75.7 Å². The molecule has 0 unspecified atom stereocenters. The number of hydrogen-bond donors (Lipinski definition) is 1. The second kappa shape index (κ2) is 10.5. The van der Waals surface area contributed by atoms with Crippen LogP contribution in [0.2, 0.25) is 10.0 Å². The van der Waals surface area contributed by atoms with Crippen molar-refractivity contribution < 1.29 is 19.1 Å². The first kappa shape index (κ1) is 25.4. The van der Waals surface area contributed by atoms with Crippen LogP contribution in [0.15, 0.2) is 69.1 Å². The molecule has 178 valence electrons. The Morgan fingerprint density at radius 1 is 0.943 bits per heavy atom. The lowest BCUT2D eigenvalue weighted by atomic mass is 10.0. The first-order chi connectivity index (χ1) is 16.6. The predicted molar refractivity (Wildman–Crippen MR) is 143 cm³/mol. The number of urea groups is 1. The number of anilines is 1. The van der Waals surface area contributed by atoms with E-state index in [0.29, 0.717) is 37.1 Å². The summed E-state index contributed by atoms with van der Waals surface area (Å²) in [5.74, 6) is -1.10. The summed E-state index contributed by atoms with van der Waals surface area (Å²) in [6.07, 6.45) is 1.40. The summed E-state index contributed by atoms with van der Waals surface area (Å²) in [4.78, 5) is 39.5. The van der Waals surface area contributed by atoms with E-state index in [9.17, 15) is 14.4 Å². The maximum atomic E-state index is 13.3. The number of nitrogens with zero attached hydrogens (tertiary/aromatic N) is 1. The maximum Gasteiger partial charge on any atom is 0.335 e. The molecule has 1 N–H and O–H groups in total. The van der Waals surface area contributed by atoms with Gasteiger partial charge in [-0.15, -0.1) is 0 Å². The van der Waals surface area contributed by atoms with Gasteiger partial charge in [-0.2, -0.15) is 0 Å². The highest BCUT2D eigenvalue weighted by molar-refractivity contribution is 9.10. The van der Waals surface area contributed by atoms with Crippen molar-refractivity contribution in [2.24, 2.45) is 0 Å². The fourth-order valence-electron chi connectivity index (χ4n) is 3.46. The Labute approximate surface area is 228 Å². The molecule has 1 fully saturated rings. The molecular formula is C25H16Br2Cl2N2O4. The summed E-state index contributed by atoms with van der Waals surface area (Å²) in [6, 6.07) is 14.7. The molecule has 3 aromatic rings. The van der Waals surface area contributed by atoms with Gasteiger partial charge in [-0.05, 0) is 72.7 Å². The highest BCUT2D eigenvalue weighted by Crippen LogP contribution is 2.31. The third kappa shape index (κ3) is 5.62. The molecule has 1 aliphatic rings. The zero-order valence-corrected chi connectivity index (χ0v) is 22.8. The molecule has 6 nitrogen and oxygen atoms in total. The lowest BCUT2D eigenvalue weighted by Crippen LogP contribution is -2.54. The van der Waals surface area contributed by atoms with Crippen molar-refractivity contribution in [3.05, 3.63) is 95.9 Å². The number of benzene rings is 3. The molecular weight excluding hydrogens is 623 g/mol. The van der Waals surface area contributed by atoms with E-state index < -0.39 is 17.8 Å². The number of carbonyl (C=O) groups is 3. The molecule has 35 heavy (non-hydrogen) atoms. The van der Waals surface area contributed by atoms with Crippen molar-refractivity contribution in [1.29, 1.82) is 0 Å². The standard InChI is InChI=1S/C25H16Br2Cl2N2O4/c1-13-8-16(26)3-6-21(13)31-24(33)18(23(32)30-25(31)34)11-15-10-17(27)4-7-22(15)35-12-14-2-5-19(28)20(29)9-14/h2-11H,12H2,1H3,(H,30,32,34)/b18-11-. The largest absolute Gasteiger partial charge is 0.488 e. The molecule has 0 bridgehead atoms. The smallest absolute Gasteiger partial charge is 0.335 e. The van der Waals surface area contributed by atoms with E-state index in [2.05, 4.69) is 37.2 Å². The summed E-state index contributed by atoms with van der Waals surface area (Å²) >= 11 is 18.8. The number of barbiturate groups is 1. The highest BCUT2D eigenvalue weighted by Gasteiger charge is 2.37. The van der Waals surface area contributed by atoms with Crippen LogP contribution in [0, 0.1) is 6.92 Å². The number of halogens is 4. The van der Waals surface area contributed by atoms with E-state index >= 15 is 0 Å². The van der Waals surface area contributed by atoms with Crippen LogP contribution in [-0.2, 0) is 16.2 Å². The Morgan fingerprint density at radius 2 is 1.66 bits per heavy atom. The Balaban J connectivity index is 1.68. The SMILES string of the molecule is Cc1cc(Br)ccc1N1C(=O)NC(=O)/C(=C/c2cc(Br)ccc2OCc2ccc(Cl)c(Cl)c2)C1=O. The molecule has 1 heterocycles. The minimum absolute atomic E-state index is 0.178. The number of ether oxygens (including phenoxy) is 1. The monoisotopic (exact) mass is 636 g/mol. The summed E-state index contributed by atoms with van der Waals surface area (Å²) in [6.45, 7) is 1.95. The lowest BCUT2D eigenvalue weighted by Gasteiger charge is -2.27. The van der Waals surface area contributed by atoms with Gasteiger partial charge < -0.3 is 4.74 Å². The van der Waals surface area contributed by atoms with Gasteiger partial charge in [-0.1, -0.05) is 61.1 Å². The van der Waals surface area contributed by atoms with Crippen LogP contribution in [0.5, 0.6) is 5.75 Å². The Kier molecular flexibility index (Phi) is 7.66. The number of rotatable bonds is 5. The predicted octanol–water partition coefficient (Wildman–Crippen LogP) is 7.07. The van der Waals surface area contributed by atoms with Crippen molar-refractivity contribution in [2.45, 2.75) is 13.5 Å². The fourth-order valence-corrected chi connectivity index (χ4v) is 4.63. The van der Waals surface area contributed by atoms with Crippen LogP contribution < -0.4 is 15.0 Å². The zero-order chi connectivity index (χ0) is 25.3. The summed E-state index contributed by atoms with van der Waals surface area (Å²) in [5, 5.41) is 3.08. The molecule has 0 saturated carbocycles. The van der Waals surface area contributed by atoms with E-state index in [4.69, 9.17) is 27.9 Å². The average Bonchev–Trinajstić information content (AvgIpc) is 2.79. The molecule has 0 atom stereocenters. The second-order valence-corrected chi connectivity index (χ2v) is 10.3. The Bertz CT molecular complexity index is 1410. The summed E-state index contributed by atoms with van der Waals surface area (Å²) in [5.41, 5.74) is 2.11. The van der Waals surface area contributed by atoms with Crippen molar-refractivity contribution in [3.63, 3.8) is 0 Å². The molecule has 0 aromatic heterocycles. The molecule has 4 amide bonds. The number of amides is 4. The van der Waals surface area contributed by atoms with Crippen molar-refractivity contribution in [1.82, 2.24) is 5.32 Å². The first-order valence-electron chi connectivity index (χ1n) is 10.2. The Hall–Kier alpha value is -2.65. The van der Waals surface area contributed by atoms with E-state index in [1.807, 2.05) is 0 Å². The molecule has 0 radical (unpaired) electrons. The minimum Gasteiger partial charge on any atom is -0.488 e. The number of aryl methyl sites for hydroxylation is 1. The lowest BCUT2D eigenvalue weighted by molar-refractivity contribution is -0.122. The normalized spacial score (nSPS) is 14.9. The van der Waals surface area contributed by atoms with Crippen LogP contribution in [0.4, 0.5) is 10.5 Å². The number of imide groups is 2. The molecule has 3 aromatic carbocycles. The van der Waals surface area contributed by atoms with Gasteiger partial charge in [0.1, 0.15) is 17.9 Å². The number of hydrogen-bond acceptors (Lipinski definition) is 4. The van der Waals surface area contributed by atoms with Crippen molar-refractivity contribution in [2.75, 3.05) is 4.90 Å².